The van der Waals surface area contributed by atoms with Crippen molar-refractivity contribution in [3.8, 4) is 5.75 Å². The molecule has 6 heteroatoms. The first-order valence-electron chi connectivity index (χ1n) is 10.7. The zero-order chi connectivity index (χ0) is 21.8. The van der Waals surface area contributed by atoms with Gasteiger partial charge in [0.15, 0.2) is 0 Å². The Morgan fingerprint density at radius 1 is 1.16 bits per heavy atom. The Bertz CT molecular complexity index is 984. The van der Waals surface area contributed by atoms with Crippen LogP contribution < -0.4 is 15.4 Å². The Morgan fingerprint density at radius 2 is 1.94 bits per heavy atom. The Balaban J connectivity index is 1.42. The molecule has 1 saturated heterocycles. The summed E-state index contributed by atoms with van der Waals surface area (Å²) in [5.41, 5.74) is 5.64. The Kier molecular flexibility index (Phi) is 6.39. The maximum atomic E-state index is 13.1. The van der Waals surface area contributed by atoms with Crippen molar-refractivity contribution < 1.29 is 14.6 Å². The van der Waals surface area contributed by atoms with Gasteiger partial charge < -0.3 is 25.4 Å². The first-order valence-corrected chi connectivity index (χ1v) is 10.7. The molecule has 2 aliphatic heterocycles. The van der Waals surface area contributed by atoms with E-state index in [-0.39, 0.29) is 18.6 Å². The van der Waals surface area contributed by atoms with Crippen LogP contribution in [0.4, 0.5) is 0 Å². The highest BCUT2D eigenvalue weighted by Crippen LogP contribution is 2.35. The lowest BCUT2D eigenvalue weighted by Crippen LogP contribution is -2.43. The summed E-state index contributed by atoms with van der Waals surface area (Å²) >= 11 is 0. The third-order valence-electron chi connectivity index (χ3n) is 5.82. The monoisotopic (exact) mass is 419 g/mol. The minimum atomic E-state index is -0.0368. The van der Waals surface area contributed by atoms with Crippen LogP contribution in [0.1, 0.15) is 39.9 Å². The van der Waals surface area contributed by atoms with E-state index in [1.54, 1.807) is 0 Å². The molecule has 162 valence electrons. The molecule has 2 aromatic carbocycles. The van der Waals surface area contributed by atoms with E-state index in [1.807, 2.05) is 35.2 Å². The lowest BCUT2D eigenvalue weighted by Gasteiger charge is -2.34. The third kappa shape index (κ3) is 4.65. The van der Waals surface area contributed by atoms with Crippen LogP contribution in [0, 0.1) is 0 Å². The molecule has 0 aliphatic carbocycles. The Labute approximate surface area is 183 Å². The number of piperidine rings is 1. The summed E-state index contributed by atoms with van der Waals surface area (Å²) in [4.78, 5) is 14.9. The summed E-state index contributed by atoms with van der Waals surface area (Å²) in [6, 6.07) is 13.8. The average molecular weight is 420 g/mol. The van der Waals surface area contributed by atoms with Crippen LogP contribution in [0.25, 0.3) is 0 Å². The van der Waals surface area contributed by atoms with Crippen molar-refractivity contribution in [1.29, 1.82) is 0 Å². The first-order chi connectivity index (χ1) is 15.1. The van der Waals surface area contributed by atoms with Crippen LogP contribution >= 0.6 is 0 Å². The van der Waals surface area contributed by atoms with Crippen LogP contribution in [0.15, 0.2) is 67.0 Å². The molecule has 2 aliphatic rings. The van der Waals surface area contributed by atoms with E-state index < -0.39 is 0 Å². The van der Waals surface area contributed by atoms with Crippen molar-refractivity contribution in [2.45, 2.75) is 38.6 Å². The number of nitrogens with zero attached hydrogens (tertiary/aromatic N) is 1. The highest BCUT2D eigenvalue weighted by atomic mass is 16.5. The summed E-state index contributed by atoms with van der Waals surface area (Å²) in [7, 11) is 0. The summed E-state index contributed by atoms with van der Waals surface area (Å²) in [5, 5.41) is 15.2. The van der Waals surface area contributed by atoms with E-state index >= 15 is 0 Å². The fourth-order valence-corrected chi connectivity index (χ4v) is 4.14. The SMILES string of the molecule is C=C1CCC(N2Cc3c(OCc4ccc(CNCCO)cc4)cccc3C2=O)C(=C)N1. The third-order valence-corrected chi connectivity index (χ3v) is 5.82. The number of allylic oxidation sites excluding steroid dienone is 1. The van der Waals surface area contributed by atoms with Crippen molar-refractivity contribution in [1.82, 2.24) is 15.5 Å². The van der Waals surface area contributed by atoms with E-state index in [4.69, 9.17) is 9.84 Å². The fraction of sp³-hybridized carbons (Fsp3) is 0.320. The second-order valence-electron chi connectivity index (χ2n) is 8.03. The molecule has 6 nitrogen and oxygen atoms in total. The summed E-state index contributed by atoms with van der Waals surface area (Å²) in [6.45, 7) is 10.5. The standard InChI is InChI=1S/C25H29N3O3/c1-17-6-11-23(18(2)27-17)28-15-22-21(25(28)30)4-3-5-24(22)31-16-20-9-7-19(8-10-20)14-26-12-13-29/h3-5,7-10,23,26-27,29H,1-2,6,11-16H2. The molecule has 0 bridgehead atoms. The number of rotatable bonds is 8. The van der Waals surface area contributed by atoms with E-state index in [1.165, 1.54) is 0 Å². The van der Waals surface area contributed by atoms with Gasteiger partial charge in [0, 0.05) is 35.6 Å². The number of carbonyl (C=O) groups excluding carboxylic acids is 1. The van der Waals surface area contributed by atoms with Gasteiger partial charge in [0.05, 0.1) is 19.2 Å². The van der Waals surface area contributed by atoms with Crippen molar-refractivity contribution in [3.05, 3.63) is 89.3 Å². The highest BCUT2D eigenvalue weighted by Gasteiger charge is 2.36. The predicted octanol–water partition coefficient (Wildman–Crippen LogP) is 3.08. The van der Waals surface area contributed by atoms with Gasteiger partial charge in [0.25, 0.3) is 5.91 Å². The highest BCUT2D eigenvalue weighted by molar-refractivity contribution is 5.99. The fourth-order valence-electron chi connectivity index (χ4n) is 4.14. The molecule has 1 unspecified atom stereocenters. The van der Waals surface area contributed by atoms with Crippen molar-refractivity contribution in [2.24, 2.45) is 0 Å². The molecule has 0 saturated carbocycles. The van der Waals surface area contributed by atoms with Crippen LogP contribution in [0.3, 0.4) is 0 Å². The second kappa shape index (κ2) is 9.37. The number of aliphatic hydroxyl groups is 1. The number of nitrogens with one attached hydrogen (secondary N) is 2. The molecular weight excluding hydrogens is 390 g/mol. The number of benzene rings is 2. The van der Waals surface area contributed by atoms with Gasteiger partial charge in [-0.3, -0.25) is 4.79 Å². The molecule has 31 heavy (non-hydrogen) atoms. The first kappa shape index (κ1) is 21.2. The molecule has 2 aromatic rings. The molecule has 2 heterocycles. The molecule has 0 radical (unpaired) electrons. The Morgan fingerprint density at radius 3 is 2.68 bits per heavy atom. The lowest BCUT2D eigenvalue weighted by molar-refractivity contribution is 0.0711. The van der Waals surface area contributed by atoms with Crippen molar-refractivity contribution in [2.75, 3.05) is 13.2 Å². The number of amides is 1. The van der Waals surface area contributed by atoms with Gasteiger partial charge in [0.1, 0.15) is 12.4 Å². The summed E-state index contributed by atoms with van der Waals surface area (Å²) in [5.74, 6) is 0.779. The molecule has 3 N–H and O–H groups in total. The number of hydrogen-bond acceptors (Lipinski definition) is 5. The number of carbonyl (C=O) groups is 1. The number of fused-ring (bicyclic) bond motifs is 1. The zero-order valence-electron chi connectivity index (χ0n) is 17.7. The second-order valence-corrected chi connectivity index (χ2v) is 8.03. The van der Waals surface area contributed by atoms with Crippen molar-refractivity contribution in [3.63, 3.8) is 0 Å². The quantitative estimate of drug-likeness (QED) is 0.574. The minimum absolute atomic E-state index is 0.0284. The zero-order valence-corrected chi connectivity index (χ0v) is 17.7. The van der Waals surface area contributed by atoms with E-state index in [0.29, 0.717) is 25.3 Å². The summed E-state index contributed by atoms with van der Waals surface area (Å²) in [6.07, 6.45) is 1.67. The molecule has 0 aromatic heterocycles. The largest absolute Gasteiger partial charge is 0.489 e. The molecule has 0 spiro atoms. The van der Waals surface area contributed by atoms with Gasteiger partial charge >= 0.3 is 0 Å². The van der Waals surface area contributed by atoms with Gasteiger partial charge in [0.2, 0.25) is 0 Å². The van der Waals surface area contributed by atoms with Crippen LogP contribution in [0.5, 0.6) is 5.75 Å². The van der Waals surface area contributed by atoms with Gasteiger partial charge in [-0.15, -0.1) is 0 Å². The number of hydrogen-bond donors (Lipinski definition) is 3. The van der Waals surface area contributed by atoms with Crippen LogP contribution in [0.2, 0.25) is 0 Å². The normalized spacial score (nSPS) is 18.2. The lowest BCUT2D eigenvalue weighted by atomic mass is 10.0. The average Bonchev–Trinajstić information content (AvgIpc) is 3.10. The van der Waals surface area contributed by atoms with Crippen molar-refractivity contribution >= 4 is 5.91 Å². The topological polar surface area (TPSA) is 73.8 Å². The van der Waals surface area contributed by atoms with E-state index in [9.17, 15) is 4.79 Å². The van der Waals surface area contributed by atoms with E-state index in [0.717, 1.165) is 53.2 Å². The van der Waals surface area contributed by atoms with Crippen LogP contribution in [-0.4, -0.2) is 35.1 Å². The molecule has 4 rings (SSSR count). The van der Waals surface area contributed by atoms with Crippen LogP contribution in [-0.2, 0) is 19.7 Å². The van der Waals surface area contributed by atoms with Gasteiger partial charge in [-0.25, -0.2) is 0 Å². The molecule has 1 amide bonds. The molecular formula is C25H29N3O3. The van der Waals surface area contributed by atoms with Gasteiger partial charge in [-0.1, -0.05) is 43.5 Å². The van der Waals surface area contributed by atoms with Gasteiger partial charge in [-0.2, -0.15) is 0 Å². The molecule has 1 atom stereocenters. The predicted molar refractivity (Wildman–Crippen MR) is 120 cm³/mol. The minimum Gasteiger partial charge on any atom is -0.489 e. The number of aliphatic hydroxyl groups excluding tert-OH is 1. The summed E-state index contributed by atoms with van der Waals surface area (Å²) < 4.78 is 6.12. The van der Waals surface area contributed by atoms with Gasteiger partial charge in [-0.05, 0) is 36.1 Å². The maximum absolute atomic E-state index is 13.1. The smallest absolute Gasteiger partial charge is 0.255 e. The Hall–Kier alpha value is -3.09. The molecule has 1 fully saturated rings. The maximum Gasteiger partial charge on any atom is 0.255 e. The number of ether oxygens (including phenoxy) is 1. The van der Waals surface area contributed by atoms with E-state index in [2.05, 4.69) is 35.9 Å².